The fourth-order valence-corrected chi connectivity index (χ4v) is 3.52. The third-order valence-electron chi connectivity index (χ3n) is 5.13. The Morgan fingerprint density at radius 3 is 2.61 bits per heavy atom. The number of benzene rings is 2. The lowest BCUT2D eigenvalue weighted by Crippen LogP contribution is -2.51. The third-order valence-corrected chi connectivity index (χ3v) is 5.13. The minimum Gasteiger partial charge on any atom is -0.497 e. The van der Waals surface area contributed by atoms with Crippen LogP contribution in [0.15, 0.2) is 53.7 Å². The summed E-state index contributed by atoms with van der Waals surface area (Å²) in [5, 5.41) is 4.12. The van der Waals surface area contributed by atoms with Gasteiger partial charge in [0.25, 0.3) is 5.91 Å². The summed E-state index contributed by atoms with van der Waals surface area (Å²) >= 11 is 0. The van der Waals surface area contributed by atoms with Crippen molar-refractivity contribution in [2.24, 2.45) is 5.16 Å². The molecule has 2 aliphatic heterocycles. The molecule has 1 fully saturated rings. The predicted octanol–water partition coefficient (Wildman–Crippen LogP) is 2.68. The van der Waals surface area contributed by atoms with Gasteiger partial charge in [-0.05, 0) is 36.4 Å². The van der Waals surface area contributed by atoms with E-state index in [4.69, 9.17) is 9.57 Å². The summed E-state index contributed by atoms with van der Waals surface area (Å²) in [7, 11) is 1.62. The molecule has 2 aliphatic rings. The van der Waals surface area contributed by atoms with E-state index in [0.29, 0.717) is 32.6 Å². The summed E-state index contributed by atoms with van der Waals surface area (Å²) < 4.78 is 18.3. The molecule has 0 aliphatic carbocycles. The van der Waals surface area contributed by atoms with Crippen LogP contribution in [0, 0.1) is 5.82 Å². The van der Waals surface area contributed by atoms with Crippen molar-refractivity contribution in [1.29, 1.82) is 0 Å². The highest BCUT2D eigenvalue weighted by Crippen LogP contribution is 2.23. The first-order chi connectivity index (χ1) is 13.6. The van der Waals surface area contributed by atoms with E-state index in [-0.39, 0.29) is 11.7 Å². The Bertz CT molecular complexity index is 877. The fraction of sp³-hybridized carbons (Fsp3) is 0.333. The van der Waals surface area contributed by atoms with Gasteiger partial charge in [0.2, 0.25) is 6.10 Å². The second-order valence-electron chi connectivity index (χ2n) is 6.86. The van der Waals surface area contributed by atoms with Crippen LogP contribution in [0.4, 0.5) is 10.1 Å². The van der Waals surface area contributed by atoms with Crippen molar-refractivity contribution in [1.82, 2.24) is 4.90 Å². The quantitative estimate of drug-likeness (QED) is 0.815. The highest BCUT2D eigenvalue weighted by Gasteiger charge is 2.34. The molecule has 1 saturated heterocycles. The zero-order valence-electron chi connectivity index (χ0n) is 15.7. The van der Waals surface area contributed by atoms with Gasteiger partial charge in [-0.2, -0.15) is 0 Å². The first-order valence-electron chi connectivity index (χ1n) is 9.30. The zero-order chi connectivity index (χ0) is 19.5. The van der Waals surface area contributed by atoms with E-state index in [2.05, 4.69) is 10.1 Å². The van der Waals surface area contributed by atoms with Crippen LogP contribution in [0.2, 0.25) is 0 Å². The Labute approximate surface area is 163 Å². The molecule has 0 saturated carbocycles. The number of carbonyl (C=O) groups excluding carboxylic acids is 1. The van der Waals surface area contributed by atoms with Crippen molar-refractivity contribution in [3.63, 3.8) is 0 Å². The van der Waals surface area contributed by atoms with Gasteiger partial charge in [-0.1, -0.05) is 17.3 Å². The Kier molecular flexibility index (Phi) is 5.14. The smallest absolute Gasteiger partial charge is 0.267 e. The predicted molar refractivity (Wildman–Crippen MR) is 104 cm³/mol. The molecule has 0 bridgehead atoms. The molecule has 0 aromatic heterocycles. The lowest BCUT2D eigenvalue weighted by atomic mass is 10.0. The molecule has 1 amide bonds. The molecule has 0 N–H and O–H groups in total. The number of amides is 1. The highest BCUT2D eigenvalue weighted by atomic mass is 19.1. The van der Waals surface area contributed by atoms with Crippen molar-refractivity contribution in [2.75, 3.05) is 38.2 Å². The monoisotopic (exact) mass is 383 g/mol. The molecule has 2 aromatic rings. The van der Waals surface area contributed by atoms with E-state index in [0.717, 1.165) is 22.7 Å². The zero-order valence-corrected chi connectivity index (χ0v) is 15.7. The first kappa shape index (κ1) is 18.3. The number of anilines is 1. The van der Waals surface area contributed by atoms with E-state index in [1.165, 1.54) is 12.1 Å². The standard InChI is InChI=1S/C21H22FN3O3/c1-27-18-4-2-3-15(13-18)19-14-20(28-23-19)21(26)25-11-9-24(10-12-25)17-7-5-16(22)6-8-17/h2-8,13,20H,9-12,14H2,1H3/t20-/m1/s1. The van der Waals surface area contributed by atoms with Gasteiger partial charge in [0.1, 0.15) is 11.6 Å². The molecule has 28 heavy (non-hydrogen) atoms. The van der Waals surface area contributed by atoms with Gasteiger partial charge in [0.15, 0.2) is 0 Å². The van der Waals surface area contributed by atoms with Crippen LogP contribution in [-0.2, 0) is 9.63 Å². The summed E-state index contributed by atoms with van der Waals surface area (Å²) in [6.07, 6.45) is -0.136. The fourth-order valence-electron chi connectivity index (χ4n) is 3.52. The topological polar surface area (TPSA) is 54.4 Å². The Morgan fingerprint density at radius 2 is 1.89 bits per heavy atom. The minimum atomic E-state index is -0.585. The number of carbonyl (C=O) groups is 1. The largest absolute Gasteiger partial charge is 0.497 e. The number of oxime groups is 1. The van der Waals surface area contributed by atoms with Crippen LogP contribution >= 0.6 is 0 Å². The lowest BCUT2D eigenvalue weighted by Gasteiger charge is -2.36. The van der Waals surface area contributed by atoms with Gasteiger partial charge in [-0.15, -0.1) is 0 Å². The highest BCUT2D eigenvalue weighted by molar-refractivity contribution is 6.04. The summed E-state index contributed by atoms with van der Waals surface area (Å²) in [5.41, 5.74) is 2.62. The van der Waals surface area contributed by atoms with E-state index < -0.39 is 6.10 Å². The van der Waals surface area contributed by atoms with Crippen molar-refractivity contribution in [2.45, 2.75) is 12.5 Å². The molecule has 2 aromatic carbocycles. The van der Waals surface area contributed by atoms with E-state index in [9.17, 15) is 9.18 Å². The van der Waals surface area contributed by atoms with Gasteiger partial charge >= 0.3 is 0 Å². The molecule has 6 nitrogen and oxygen atoms in total. The number of halogens is 1. The Balaban J connectivity index is 1.33. The van der Waals surface area contributed by atoms with Crippen molar-refractivity contribution in [3.05, 3.63) is 59.9 Å². The minimum absolute atomic E-state index is 0.0413. The average molecular weight is 383 g/mol. The van der Waals surface area contributed by atoms with Crippen LogP contribution < -0.4 is 9.64 Å². The summed E-state index contributed by atoms with van der Waals surface area (Å²) in [5.74, 6) is 0.454. The molecule has 1 atom stereocenters. The van der Waals surface area contributed by atoms with E-state index >= 15 is 0 Å². The molecule has 0 unspecified atom stereocenters. The van der Waals surface area contributed by atoms with Gasteiger partial charge in [-0.25, -0.2) is 4.39 Å². The summed E-state index contributed by atoms with van der Waals surface area (Å²) in [4.78, 5) is 22.2. The van der Waals surface area contributed by atoms with Crippen LogP contribution in [0.25, 0.3) is 0 Å². The van der Waals surface area contributed by atoms with Crippen LogP contribution in [0.5, 0.6) is 5.75 Å². The number of rotatable bonds is 4. The van der Waals surface area contributed by atoms with E-state index in [1.54, 1.807) is 19.2 Å². The van der Waals surface area contributed by atoms with Crippen LogP contribution in [0.3, 0.4) is 0 Å². The second kappa shape index (κ2) is 7.88. The molecule has 4 rings (SSSR count). The maximum Gasteiger partial charge on any atom is 0.267 e. The van der Waals surface area contributed by atoms with Crippen molar-refractivity contribution < 1.29 is 18.8 Å². The molecule has 7 heteroatoms. The van der Waals surface area contributed by atoms with Crippen LogP contribution in [-0.4, -0.2) is 55.9 Å². The second-order valence-corrected chi connectivity index (χ2v) is 6.86. The first-order valence-corrected chi connectivity index (χ1v) is 9.30. The summed E-state index contributed by atoms with van der Waals surface area (Å²) in [6, 6.07) is 14.0. The SMILES string of the molecule is COc1cccc(C2=NO[C@@H](C(=O)N3CCN(c4ccc(F)cc4)CC3)C2)c1. The van der Waals surface area contributed by atoms with Gasteiger partial charge < -0.3 is 19.4 Å². The lowest BCUT2D eigenvalue weighted by molar-refractivity contribution is -0.142. The summed E-state index contributed by atoms with van der Waals surface area (Å²) in [6.45, 7) is 2.61. The number of hydrogen-bond donors (Lipinski definition) is 0. The number of hydrogen-bond acceptors (Lipinski definition) is 5. The van der Waals surface area contributed by atoms with Gasteiger partial charge in [0.05, 0.1) is 12.8 Å². The number of piperazine rings is 1. The van der Waals surface area contributed by atoms with Crippen LogP contribution in [0.1, 0.15) is 12.0 Å². The van der Waals surface area contributed by atoms with Crippen molar-refractivity contribution in [3.8, 4) is 5.75 Å². The maximum absolute atomic E-state index is 13.1. The van der Waals surface area contributed by atoms with Gasteiger partial charge in [0, 0.05) is 43.9 Å². The number of ether oxygens (including phenoxy) is 1. The van der Waals surface area contributed by atoms with E-state index in [1.807, 2.05) is 29.2 Å². The van der Waals surface area contributed by atoms with Crippen molar-refractivity contribution >= 4 is 17.3 Å². The molecule has 2 heterocycles. The number of nitrogens with zero attached hydrogens (tertiary/aromatic N) is 3. The molecular weight excluding hydrogens is 361 g/mol. The normalized spacial score (nSPS) is 19.2. The Hall–Kier alpha value is -3.09. The molecular formula is C21H22FN3O3. The molecule has 0 radical (unpaired) electrons. The molecule has 0 spiro atoms. The van der Waals surface area contributed by atoms with Gasteiger partial charge in [-0.3, -0.25) is 4.79 Å². The maximum atomic E-state index is 13.1. The number of methoxy groups -OCH3 is 1. The average Bonchev–Trinajstić information content (AvgIpc) is 3.24. The molecule has 146 valence electrons. The third kappa shape index (κ3) is 3.78. The Morgan fingerprint density at radius 1 is 1.14 bits per heavy atom.